The highest BCUT2D eigenvalue weighted by Crippen LogP contribution is 2.48. The van der Waals surface area contributed by atoms with E-state index in [4.69, 9.17) is 0 Å². The first-order valence-corrected chi connectivity index (χ1v) is 6.62. The zero-order valence-corrected chi connectivity index (χ0v) is 11.8. The maximum atomic E-state index is 13.1. The zero-order chi connectivity index (χ0) is 17.6. The van der Waals surface area contributed by atoms with Crippen molar-refractivity contribution in [1.82, 2.24) is 5.32 Å². The van der Waals surface area contributed by atoms with Gasteiger partial charge >= 0.3 is 24.2 Å². The topological polar surface area (TPSA) is 29.1 Å². The molecule has 0 aliphatic carbocycles. The molecule has 0 fully saturated rings. The summed E-state index contributed by atoms with van der Waals surface area (Å²) in [5.41, 5.74) is 0. The van der Waals surface area contributed by atoms with Crippen molar-refractivity contribution < 1.29 is 39.9 Å². The molecule has 0 radical (unpaired) electrons. The predicted molar refractivity (Wildman–Crippen MR) is 62.6 cm³/mol. The fraction of sp³-hybridized carbons (Fsp3) is 0.917. The average molecular weight is 343 g/mol. The van der Waals surface area contributed by atoms with Crippen molar-refractivity contribution in [3.8, 4) is 0 Å². The van der Waals surface area contributed by atoms with Crippen LogP contribution < -0.4 is 5.32 Å². The van der Waals surface area contributed by atoms with Crippen molar-refractivity contribution in [2.24, 2.45) is 0 Å². The number of carbonyl (C=O) groups is 1. The van der Waals surface area contributed by atoms with Crippen LogP contribution in [0.2, 0.25) is 0 Å². The third-order valence-electron chi connectivity index (χ3n) is 2.94. The van der Waals surface area contributed by atoms with Crippen LogP contribution >= 0.6 is 0 Å². The first-order chi connectivity index (χ1) is 9.92. The molecular formula is C12H17F8NO. The lowest BCUT2D eigenvalue weighted by atomic mass is 10.0. The van der Waals surface area contributed by atoms with Gasteiger partial charge in [0.25, 0.3) is 5.91 Å². The van der Waals surface area contributed by atoms with Gasteiger partial charge in [0, 0.05) is 6.54 Å². The Hall–Kier alpha value is -1.09. The summed E-state index contributed by atoms with van der Waals surface area (Å²) in [5.74, 6) is -21.5. The van der Waals surface area contributed by atoms with Gasteiger partial charge in [-0.2, -0.15) is 26.3 Å². The minimum absolute atomic E-state index is 0.179. The highest BCUT2D eigenvalue weighted by atomic mass is 19.4. The summed E-state index contributed by atoms with van der Waals surface area (Å²) < 4.78 is 101. The Bertz CT molecular complexity index is 359. The Labute approximate surface area is 122 Å². The molecule has 2 nitrogen and oxygen atoms in total. The lowest BCUT2D eigenvalue weighted by molar-refractivity contribution is -0.327. The lowest BCUT2D eigenvalue weighted by Crippen LogP contribution is -2.63. The molecule has 0 rings (SSSR count). The van der Waals surface area contributed by atoms with Gasteiger partial charge < -0.3 is 5.32 Å². The summed E-state index contributed by atoms with van der Waals surface area (Å²) in [6.07, 6.45) is -1.87. The fourth-order valence-corrected chi connectivity index (χ4v) is 1.53. The molecule has 22 heavy (non-hydrogen) atoms. The van der Waals surface area contributed by atoms with Crippen LogP contribution in [0.25, 0.3) is 0 Å². The molecule has 0 aliphatic rings. The van der Waals surface area contributed by atoms with Gasteiger partial charge in [-0.15, -0.1) is 0 Å². The summed E-state index contributed by atoms with van der Waals surface area (Å²) in [6, 6.07) is 0. The number of rotatable bonds is 10. The molecule has 0 aromatic heterocycles. The lowest BCUT2D eigenvalue weighted by Gasteiger charge is -2.31. The summed E-state index contributed by atoms with van der Waals surface area (Å²) in [7, 11) is 0. The molecule has 0 spiro atoms. The van der Waals surface area contributed by atoms with Crippen molar-refractivity contribution in [1.29, 1.82) is 0 Å². The molecule has 1 amide bonds. The molecule has 10 heteroatoms. The maximum Gasteiger partial charge on any atom is 0.392 e. The molecule has 0 bridgehead atoms. The van der Waals surface area contributed by atoms with E-state index in [2.05, 4.69) is 0 Å². The van der Waals surface area contributed by atoms with Crippen LogP contribution in [0.15, 0.2) is 0 Å². The summed E-state index contributed by atoms with van der Waals surface area (Å²) in [5, 5.41) is 1.37. The third-order valence-corrected chi connectivity index (χ3v) is 2.94. The molecule has 0 saturated heterocycles. The molecule has 0 aromatic carbocycles. The molecule has 1 N–H and O–H groups in total. The van der Waals surface area contributed by atoms with Crippen LogP contribution in [0.3, 0.4) is 0 Å². The second-order valence-electron chi connectivity index (χ2n) is 4.74. The number of unbranched alkanes of at least 4 members (excludes halogenated alkanes) is 4. The van der Waals surface area contributed by atoms with Crippen molar-refractivity contribution >= 4 is 5.91 Å². The number of hydrogen-bond donors (Lipinski definition) is 1. The van der Waals surface area contributed by atoms with Gasteiger partial charge in [0.15, 0.2) is 0 Å². The van der Waals surface area contributed by atoms with E-state index in [0.29, 0.717) is 6.42 Å². The number of nitrogens with one attached hydrogen (secondary N) is 1. The predicted octanol–water partition coefficient (Wildman–Crippen LogP) is 4.24. The highest BCUT2D eigenvalue weighted by Gasteiger charge is 2.78. The summed E-state index contributed by atoms with van der Waals surface area (Å²) >= 11 is 0. The number of hydrogen-bond acceptors (Lipinski definition) is 1. The summed E-state index contributed by atoms with van der Waals surface area (Å²) in [4.78, 5) is 11.0. The van der Waals surface area contributed by atoms with Gasteiger partial charge in [0.2, 0.25) is 0 Å². The smallest absolute Gasteiger partial charge is 0.351 e. The highest BCUT2D eigenvalue weighted by molar-refractivity contribution is 5.84. The molecule has 0 unspecified atom stereocenters. The minimum atomic E-state index is -6.50. The van der Waals surface area contributed by atoms with Crippen LogP contribution in [0, 0.1) is 0 Å². The van der Waals surface area contributed by atoms with E-state index < -0.39 is 36.6 Å². The monoisotopic (exact) mass is 343 g/mol. The zero-order valence-electron chi connectivity index (χ0n) is 11.8. The molecule has 0 atom stereocenters. The Morgan fingerprint density at radius 1 is 0.955 bits per heavy atom. The summed E-state index contributed by atoms with van der Waals surface area (Å²) in [6.45, 7) is 1.47. The first kappa shape index (κ1) is 20.9. The van der Waals surface area contributed by atoms with E-state index in [1.165, 1.54) is 5.32 Å². The largest absolute Gasteiger partial charge is 0.392 e. The van der Waals surface area contributed by atoms with E-state index in [1.54, 1.807) is 0 Å². The van der Waals surface area contributed by atoms with Crippen molar-refractivity contribution in [2.45, 2.75) is 63.2 Å². The van der Waals surface area contributed by atoms with Gasteiger partial charge in [-0.1, -0.05) is 32.6 Å². The molecule has 0 heterocycles. The van der Waals surface area contributed by atoms with Gasteiger partial charge in [-0.25, -0.2) is 8.78 Å². The van der Waals surface area contributed by atoms with E-state index in [1.807, 2.05) is 6.92 Å². The van der Waals surface area contributed by atoms with Crippen LogP contribution in [-0.2, 0) is 4.79 Å². The van der Waals surface area contributed by atoms with Crippen LogP contribution in [0.4, 0.5) is 35.1 Å². The van der Waals surface area contributed by atoms with E-state index in [-0.39, 0.29) is 6.42 Å². The average Bonchev–Trinajstić information content (AvgIpc) is 2.41. The standard InChI is InChI=1S/C12H17F8NO/c1-2-3-4-5-6-7-21-9(22)11(17,18)12(19,20)10(15,16)8(13)14/h8H,2-7H2,1H3,(H,21,22). The Morgan fingerprint density at radius 2 is 1.45 bits per heavy atom. The van der Waals surface area contributed by atoms with Gasteiger partial charge in [0.05, 0.1) is 0 Å². The minimum Gasteiger partial charge on any atom is -0.351 e. The van der Waals surface area contributed by atoms with E-state index in [0.717, 1.165) is 19.3 Å². The molecule has 0 aromatic rings. The van der Waals surface area contributed by atoms with E-state index in [9.17, 15) is 39.9 Å². The first-order valence-electron chi connectivity index (χ1n) is 6.62. The normalized spacial score (nSPS) is 13.5. The number of halogens is 8. The van der Waals surface area contributed by atoms with E-state index >= 15 is 0 Å². The molecule has 0 saturated carbocycles. The third kappa shape index (κ3) is 4.45. The van der Waals surface area contributed by atoms with Gasteiger partial charge in [0.1, 0.15) is 0 Å². The molecular weight excluding hydrogens is 326 g/mol. The number of carbonyl (C=O) groups excluding carboxylic acids is 1. The Kier molecular flexibility index (Phi) is 7.56. The Balaban J connectivity index is 4.68. The second-order valence-corrected chi connectivity index (χ2v) is 4.74. The van der Waals surface area contributed by atoms with Crippen molar-refractivity contribution in [3.63, 3.8) is 0 Å². The Morgan fingerprint density at radius 3 is 1.91 bits per heavy atom. The molecule has 132 valence electrons. The molecule has 0 aliphatic heterocycles. The van der Waals surface area contributed by atoms with Gasteiger partial charge in [-0.05, 0) is 6.42 Å². The van der Waals surface area contributed by atoms with Gasteiger partial charge in [-0.3, -0.25) is 4.79 Å². The van der Waals surface area contributed by atoms with Crippen LogP contribution in [0.1, 0.15) is 39.0 Å². The van der Waals surface area contributed by atoms with Crippen molar-refractivity contribution in [2.75, 3.05) is 6.54 Å². The second kappa shape index (κ2) is 7.96. The van der Waals surface area contributed by atoms with Crippen molar-refractivity contribution in [3.05, 3.63) is 0 Å². The maximum absolute atomic E-state index is 13.1. The fourth-order valence-electron chi connectivity index (χ4n) is 1.53. The number of alkyl halides is 8. The van der Waals surface area contributed by atoms with Crippen LogP contribution in [0.5, 0.6) is 0 Å². The van der Waals surface area contributed by atoms with Crippen LogP contribution in [-0.4, -0.2) is 36.6 Å². The number of amides is 1. The quantitative estimate of drug-likeness (QED) is 0.466. The SMILES string of the molecule is CCCCCCCNC(=O)C(F)(F)C(F)(F)C(F)(F)C(F)F.